The van der Waals surface area contributed by atoms with Gasteiger partial charge in [0.1, 0.15) is 12.2 Å². The van der Waals surface area contributed by atoms with Crippen molar-refractivity contribution in [1.29, 1.82) is 0 Å². The zero-order valence-electron chi connectivity index (χ0n) is 17.4. The highest BCUT2D eigenvalue weighted by atomic mass is 35.5. The second kappa shape index (κ2) is 8.97. The van der Waals surface area contributed by atoms with Crippen LogP contribution < -0.4 is 25.6 Å². The van der Waals surface area contributed by atoms with Gasteiger partial charge >= 0.3 is 12.2 Å². The number of amides is 3. The maximum absolute atomic E-state index is 12.7. The Morgan fingerprint density at radius 3 is 2.12 bits per heavy atom. The number of hydrogen-bond acceptors (Lipinski definition) is 5. The molecule has 3 heterocycles. The molecule has 12 heteroatoms. The van der Waals surface area contributed by atoms with E-state index in [1.807, 2.05) is 11.0 Å². The van der Waals surface area contributed by atoms with Crippen molar-refractivity contribution in [2.45, 2.75) is 19.1 Å². The molecule has 2 saturated heterocycles. The number of alkyl halides is 3. The van der Waals surface area contributed by atoms with Crippen LogP contribution in [-0.2, 0) is 11.3 Å². The van der Waals surface area contributed by atoms with Crippen LogP contribution >= 0.6 is 11.6 Å². The van der Waals surface area contributed by atoms with Crippen LogP contribution in [0.4, 0.5) is 35.0 Å². The van der Waals surface area contributed by atoms with E-state index >= 15 is 0 Å². The predicted octanol–water partition coefficient (Wildman–Crippen LogP) is 2.84. The molecule has 1 N–H and O–H groups in total. The molecule has 0 aliphatic carbocycles. The number of rotatable bonds is 4. The topological polar surface area (TPSA) is 77.9 Å². The minimum Gasteiger partial charge on any atom is -0.367 e. The number of urea groups is 1. The summed E-state index contributed by atoms with van der Waals surface area (Å²) in [7, 11) is 0. The van der Waals surface area contributed by atoms with Crippen molar-refractivity contribution in [3.8, 4) is 0 Å². The van der Waals surface area contributed by atoms with Crippen molar-refractivity contribution in [2.24, 2.45) is 0 Å². The van der Waals surface area contributed by atoms with Crippen molar-refractivity contribution < 1.29 is 22.8 Å². The van der Waals surface area contributed by atoms with Gasteiger partial charge in [-0.2, -0.15) is 13.2 Å². The molecule has 2 aliphatic heterocycles. The van der Waals surface area contributed by atoms with Gasteiger partial charge in [-0.3, -0.25) is 19.8 Å². The second-order valence-corrected chi connectivity index (χ2v) is 8.16. The van der Waals surface area contributed by atoms with E-state index in [4.69, 9.17) is 11.6 Å². The van der Waals surface area contributed by atoms with Gasteiger partial charge < -0.3 is 14.4 Å². The fourth-order valence-electron chi connectivity index (χ4n) is 4.03. The van der Waals surface area contributed by atoms with Gasteiger partial charge in [0.15, 0.2) is 0 Å². The molecule has 0 spiro atoms. The fourth-order valence-corrected chi connectivity index (χ4v) is 4.37. The highest BCUT2D eigenvalue weighted by Gasteiger charge is 2.30. The number of piperazine rings is 1. The average molecular weight is 484 g/mol. The number of halogens is 4. The molecule has 0 unspecified atom stereocenters. The number of imide groups is 1. The Kier molecular flexibility index (Phi) is 6.24. The Hall–Kier alpha value is -3.21. The van der Waals surface area contributed by atoms with E-state index in [9.17, 15) is 27.6 Å². The molecule has 33 heavy (non-hydrogen) atoms. The van der Waals surface area contributed by atoms with Crippen LogP contribution in [0.3, 0.4) is 0 Å². The Balaban J connectivity index is 1.49. The molecule has 8 nitrogen and oxygen atoms in total. The van der Waals surface area contributed by atoms with Crippen LogP contribution in [-0.4, -0.2) is 55.4 Å². The van der Waals surface area contributed by atoms with E-state index in [0.29, 0.717) is 47.1 Å². The molecule has 0 bridgehead atoms. The molecule has 3 amide bonds. The fraction of sp³-hybridized carbons (Fsp3) is 0.381. The summed E-state index contributed by atoms with van der Waals surface area (Å²) in [6.45, 7) is 0.648. The number of nitrogens with zero attached hydrogens (tertiary/aromatic N) is 4. The number of hydrogen-bond donors (Lipinski definition) is 1. The second-order valence-electron chi connectivity index (χ2n) is 7.78. The van der Waals surface area contributed by atoms with Crippen LogP contribution in [0.15, 0.2) is 41.3 Å². The van der Waals surface area contributed by atoms with E-state index < -0.39 is 24.3 Å². The lowest BCUT2D eigenvalue weighted by atomic mass is 10.2. The van der Waals surface area contributed by atoms with Gasteiger partial charge in [0.05, 0.1) is 16.4 Å². The lowest BCUT2D eigenvalue weighted by molar-refractivity contribution is -0.141. The molecular weight excluding hydrogens is 463 g/mol. The summed E-state index contributed by atoms with van der Waals surface area (Å²) >= 11 is 6.62. The number of nitrogens with one attached hydrogen (secondary N) is 1. The molecule has 0 saturated carbocycles. The molecule has 1 aromatic heterocycles. The first-order valence-electron chi connectivity index (χ1n) is 10.3. The first kappa shape index (κ1) is 23.0. The number of carbonyl (C=O) groups excluding carboxylic acids is 2. The van der Waals surface area contributed by atoms with Crippen molar-refractivity contribution in [1.82, 2.24) is 9.88 Å². The Bertz CT molecular complexity index is 1130. The Morgan fingerprint density at radius 2 is 1.48 bits per heavy atom. The molecular formula is C21H21ClF3N5O3. The zero-order valence-corrected chi connectivity index (χ0v) is 18.2. The molecule has 4 rings (SSSR count). The Labute approximate surface area is 192 Å². The third kappa shape index (κ3) is 4.92. The van der Waals surface area contributed by atoms with Gasteiger partial charge in [0, 0.05) is 45.3 Å². The first-order valence-corrected chi connectivity index (χ1v) is 10.7. The number of pyridine rings is 1. The van der Waals surface area contributed by atoms with Gasteiger partial charge in [-0.25, -0.2) is 4.79 Å². The maximum Gasteiger partial charge on any atom is 0.406 e. The molecule has 2 fully saturated rings. The summed E-state index contributed by atoms with van der Waals surface area (Å²) in [6, 6.07) is 7.70. The SMILES string of the molecule is O=C1CCN(c2cccc(N3CCN(c4cccn(CC(F)(F)F)c4=O)CC3)c2Cl)C(=O)N1. The highest BCUT2D eigenvalue weighted by Crippen LogP contribution is 2.36. The van der Waals surface area contributed by atoms with Crippen molar-refractivity contribution in [3.05, 3.63) is 51.9 Å². The quantitative estimate of drug-likeness (QED) is 0.723. The van der Waals surface area contributed by atoms with E-state index in [1.54, 1.807) is 17.0 Å². The van der Waals surface area contributed by atoms with Crippen LogP contribution in [0.1, 0.15) is 6.42 Å². The van der Waals surface area contributed by atoms with Gasteiger partial charge in [-0.15, -0.1) is 0 Å². The summed E-state index contributed by atoms with van der Waals surface area (Å²) in [5, 5.41) is 2.63. The minimum atomic E-state index is -4.48. The molecule has 0 atom stereocenters. The Morgan fingerprint density at radius 1 is 0.879 bits per heavy atom. The van der Waals surface area contributed by atoms with Crippen molar-refractivity contribution >= 4 is 40.6 Å². The normalized spacial score (nSPS) is 17.4. The smallest absolute Gasteiger partial charge is 0.367 e. The van der Waals surface area contributed by atoms with Gasteiger partial charge in [0.25, 0.3) is 5.56 Å². The lowest BCUT2D eigenvalue weighted by Gasteiger charge is -2.38. The molecule has 1 aromatic carbocycles. The summed E-state index contributed by atoms with van der Waals surface area (Å²) in [5.41, 5.74) is 0.714. The van der Waals surface area contributed by atoms with Gasteiger partial charge in [0.2, 0.25) is 5.91 Å². The molecule has 176 valence electrons. The minimum absolute atomic E-state index is 0.175. The summed E-state index contributed by atoms with van der Waals surface area (Å²) in [6.07, 6.45) is -3.18. The van der Waals surface area contributed by atoms with E-state index in [-0.39, 0.29) is 24.6 Å². The first-order chi connectivity index (χ1) is 15.6. The predicted molar refractivity (Wildman–Crippen MR) is 118 cm³/mol. The standard InChI is InChI=1S/C21H21ClF3N5O3/c22-18-14(3-1-4-15(18)30-8-6-17(31)26-20(30)33)27-9-11-28(12-10-27)16-5-2-7-29(19(16)32)13-21(23,24)25/h1-5,7H,6,8-13H2,(H,26,31,33). The van der Waals surface area contributed by atoms with Gasteiger partial charge in [-0.05, 0) is 24.3 Å². The number of anilines is 3. The average Bonchev–Trinajstić information content (AvgIpc) is 2.75. The van der Waals surface area contributed by atoms with E-state index in [0.717, 1.165) is 6.20 Å². The largest absolute Gasteiger partial charge is 0.406 e. The molecule has 2 aromatic rings. The lowest BCUT2D eigenvalue weighted by Crippen LogP contribution is -2.50. The van der Waals surface area contributed by atoms with Gasteiger partial charge in [-0.1, -0.05) is 17.7 Å². The third-order valence-electron chi connectivity index (χ3n) is 5.61. The maximum atomic E-state index is 12.7. The molecule has 0 radical (unpaired) electrons. The van der Waals surface area contributed by atoms with E-state index in [2.05, 4.69) is 5.32 Å². The molecule has 2 aliphatic rings. The number of carbonyl (C=O) groups is 2. The third-order valence-corrected chi connectivity index (χ3v) is 6.00. The van der Waals surface area contributed by atoms with Crippen molar-refractivity contribution in [3.63, 3.8) is 0 Å². The highest BCUT2D eigenvalue weighted by molar-refractivity contribution is 6.36. The van der Waals surface area contributed by atoms with Crippen LogP contribution in [0.2, 0.25) is 5.02 Å². The summed E-state index contributed by atoms with van der Waals surface area (Å²) < 4.78 is 38.9. The summed E-state index contributed by atoms with van der Waals surface area (Å²) in [4.78, 5) is 41.3. The number of aromatic nitrogens is 1. The summed E-state index contributed by atoms with van der Waals surface area (Å²) in [5.74, 6) is -0.338. The zero-order chi connectivity index (χ0) is 23.8. The number of benzene rings is 1. The van der Waals surface area contributed by atoms with Crippen LogP contribution in [0.25, 0.3) is 0 Å². The monoisotopic (exact) mass is 483 g/mol. The van der Waals surface area contributed by atoms with Crippen LogP contribution in [0.5, 0.6) is 0 Å². The van der Waals surface area contributed by atoms with Crippen molar-refractivity contribution in [2.75, 3.05) is 47.4 Å². The van der Waals surface area contributed by atoms with E-state index in [1.165, 1.54) is 17.0 Å². The van der Waals surface area contributed by atoms with Crippen LogP contribution in [0, 0.1) is 0 Å².